The summed E-state index contributed by atoms with van der Waals surface area (Å²) in [5, 5.41) is 8.76. The Morgan fingerprint density at radius 3 is 2.62 bits per heavy atom. The Morgan fingerprint density at radius 2 is 2.15 bits per heavy atom. The van der Waals surface area contributed by atoms with Crippen molar-refractivity contribution < 1.29 is 14.6 Å². The molecular weight excluding hydrogens is 190 g/mol. The molecule has 0 fully saturated rings. The Hall–Kier alpha value is -0.260. The number of rotatable bonds is 7. The van der Waals surface area contributed by atoms with Crippen LogP contribution in [0.25, 0.3) is 0 Å². The fourth-order valence-corrected chi connectivity index (χ4v) is 1.44. The summed E-state index contributed by atoms with van der Waals surface area (Å²) in [4.78, 5) is 10.7. The number of hydrogen-bond donors (Lipinski definition) is 2. The molecule has 0 aromatic rings. The molecule has 0 aromatic carbocycles. The number of hydrogen-bond acceptors (Lipinski definition) is 4. The number of thioether (sulfide) groups is 1. The van der Waals surface area contributed by atoms with Gasteiger partial charge in [0.1, 0.15) is 4.75 Å². The number of carboxylic acid groups (broad SMARTS) is 1. The van der Waals surface area contributed by atoms with Gasteiger partial charge in [-0.05, 0) is 13.8 Å². The van der Waals surface area contributed by atoms with E-state index in [1.165, 1.54) is 11.8 Å². The lowest BCUT2D eigenvalue weighted by atomic mass is 10.2. The highest BCUT2D eigenvalue weighted by Gasteiger charge is 2.26. The molecule has 0 saturated carbocycles. The molecule has 0 atom stereocenters. The second-order valence-corrected chi connectivity index (χ2v) is 4.78. The lowest BCUT2D eigenvalue weighted by Crippen LogP contribution is -2.28. The van der Waals surface area contributed by atoms with Gasteiger partial charge in [-0.1, -0.05) is 0 Å². The van der Waals surface area contributed by atoms with Crippen LogP contribution in [0.4, 0.5) is 0 Å². The van der Waals surface area contributed by atoms with Gasteiger partial charge in [0.15, 0.2) is 0 Å². The van der Waals surface area contributed by atoms with Crippen molar-refractivity contribution in [3.63, 3.8) is 0 Å². The minimum atomic E-state index is -0.795. The molecule has 0 saturated heterocycles. The fraction of sp³-hybridized carbons (Fsp3) is 0.875. The Kier molecular flexibility index (Phi) is 6.11. The molecule has 0 aliphatic heterocycles. The third kappa shape index (κ3) is 5.90. The van der Waals surface area contributed by atoms with Crippen LogP contribution < -0.4 is 5.73 Å². The van der Waals surface area contributed by atoms with E-state index in [-0.39, 0.29) is 0 Å². The van der Waals surface area contributed by atoms with Crippen LogP contribution in [0.1, 0.15) is 13.8 Å². The molecule has 3 N–H and O–H groups in total. The summed E-state index contributed by atoms with van der Waals surface area (Å²) in [6.07, 6.45) is 0. The molecule has 78 valence electrons. The first-order valence-corrected chi connectivity index (χ1v) is 5.14. The van der Waals surface area contributed by atoms with Crippen LogP contribution in [0, 0.1) is 0 Å². The van der Waals surface area contributed by atoms with Crippen LogP contribution in [0.3, 0.4) is 0 Å². The molecule has 0 aliphatic carbocycles. The first-order valence-electron chi connectivity index (χ1n) is 4.16. The first-order chi connectivity index (χ1) is 6.00. The van der Waals surface area contributed by atoms with Gasteiger partial charge in [-0.3, -0.25) is 4.79 Å². The summed E-state index contributed by atoms with van der Waals surface area (Å²) in [5.41, 5.74) is 5.22. The molecule has 0 aliphatic rings. The largest absolute Gasteiger partial charge is 0.480 e. The Morgan fingerprint density at radius 1 is 1.54 bits per heavy atom. The van der Waals surface area contributed by atoms with Gasteiger partial charge in [0.25, 0.3) is 0 Å². The molecule has 13 heavy (non-hydrogen) atoms. The van der Waals surface area contributed by atoms with Crippen LogP contribution in [0.2, 0.25) is 0 Å². The van der Waals surface area contributed by atoms with Crippen molar-refractivity contribution in [2.75, 3.05) is 25.5 Å². The SMILES string of the molecule is CC(C)(SCCOCCN)C(=O)O. The van der Waals surface area contributed by atoms with Crippen molar-refractivity contribution in [2.24, 2.45) is 5.73 Å². The highest BCUT2D eigenvalue weighted by atomic mass is 32.2. The Bertz CT molecular complexity index is 161. The Balaban J connectivity index is 3.46. The number of ether oxygens (including phenoxy) is 1. The zero-order chi connectivity index (χ0) is 10.3. The van der Waals surface area contributed by atoms with E-state index in [1.54, 1.807) is 13.8 Å². The molecule has 0 amide bonds. The molecule has 0 spiro atoms. The van der Waals surface area contributed by atoms with E-state index in [1.807, 2.05) is 0 Å². The summed E-state index contributed by atoms with van der Waals surface area (Å²) >= 11 is 1.37. The predicted octanol–water partition coefficient (Wildman–Crippen LogP) is 0.558. The normalized spacial score (nSPS) is 11.6. The molecule has 0 bridgehead atoms. The summed E-state index contributed by atoms with van der Waals surface area (Å²) in [7, 11) is 0. The van der Waals surface area contributed by atoms with Gasteiger partial charge in [0, 0.05) is 12.3 Å². The molecule has 0 heterocycles. The van der Waals surface area contributed by atoms with E-state index in [0.717, 1.165) is 0 Å². The fourth-order valence-electron chi connectivity index (χ4n) is 0.603. The van der Waals surface area contributed by atoms with Crippen LogP contribution in [-0.4, -0.2) is 41.3 Å². The smallest absolute Gasteiger partial charge is 0.319 e. The minimum Gasteiger partial charge on any atom is -0.480 e. The lowest BCUT2D eigenvalue weighted by molar-refractivity contribution is -0.138. The van der Waals surface area contributed by atoms with Crippen molar-refractivity contribution >= 4 is 17.7 Å². The van der Waals surface area contributed by atoms with Gasteiger partial charge in [0.2, 0.25) is 0 Å². The number of aliphatic carboxylic acids is 1. The van der Waals surface area contributed by atoms with Gasteiger partial charge < -0.3 is 15.6 Å². The van der Waals surface area contributed by atoms with Crippen molar-refractivity contribution in [1.29, 1.82) is 0 Å². The second kappa shape index (κ2) is 6.23. The van der Waals surface area contributed by atoms with Gasteiger partial charge in [-0.25, -0.2) is 0 Å². The number of carbonyl (C=O) groups is 1. The molecule has 0 aromatic heterocycles. The van der Waals surface area contributed by atoms with E-state index >= 15 is 0 Å². The molecule has 4 nitrogen and oxygen atoms in total. The van der Waals surface area contributed by atoms with Gasteiger partial charge in [-0.15, -0.1) is 11.8 Å². The molecule has 0 radical (unpaired) electrons. The topological polar surface area (TPSA) is 72.5 Å². The van der Waals surface area contributed by atoms with Crippen LogP contribution >= 0.6 is 11.8 Å². The van der Waals surface area contributed by atoms with Crippen molar-refractivity contribution in [3.05, 3.63) is 0 Å². The van der Waals surface area contributed by atoms with E-state index in [2.05, 4.69) is 0 Å². The summed E-state index contributed by atoms with van der Waals surface area (Å²) in [5.74, 6) is -0.115. The minimum absolute atomic E-state index is 0.507. The van der Waals surface area contributed by atoms with Gasteiger partial charge in [0.05, 0.1) is 13.2 Å². The molecule has 0 rings (SSSR count). The standard InChI is InChI=1S/C8H17NO3S/c1-8(2,7(10)11)13-6-5-12-4-3-9/h3-6,9H2,1-2H3,(H,10,11). The summed E-state index contributed by atoms with van der Waals surface area (Å²) in [6, 6.07) is 0. The van der Waals surface area contributed by atoms with Gasteiger partial charge in [-0.2, -0.15) is 0 Å². The molecular formula is C8H17NO3S. The summed E-state index contributed by atoms with van der Waals surface area (Å²) in [6.45, 7) is 4.96. The maximum atomic E-state index is 10.7. The highest BCUT2D eigenvalue weighted by Crippen LogP contribution is 2.23. The van der Waals surface area contributed by atoms with E-state index in [0.29, 0.717) is 25.5 Å². The second-order valence-electron chi connectivity index (χ2n) is 3.06. The van der Waals surface area contributed by atoms with Crippen molar-refractivity contribution in [2.45, 2.75) is 18.6 Å². The monoisotopic (exact) mass is 207 g/mol. The maximum Gasteiger partial charge on any atom is 0.319 e. The number of nitrogens with two attached hydrogens (primary N) is 1. The van der Waals surface area contributed by atoms with Crippen LogP contribution in [0.5, 0.6) is 0 Å². The highest BCUT2D eigenvalue weighted by molar-refractivity contribution is 8.01. The third-order valence-corrected chi connectivity index (χ3v) is 2.73. The molecule has 5 heteroatoms. The predicted molar refractivity (Wildman–Crippen MR) is 54.0 cm³/mol. The van der Waals surface area contributed by atoms with Crippen LogP contribution in [-0.2, 0) is 9.53 Å². The zero-order valence-corrected chi connectivity index (χ0v) is 8.89. The van der Waals surface area contributed by atoms with E-state index in [9.17, 15) is 4.79 Å². The third-order valence-electron chi connectivity index (χ3n) is 1.47. The maximum absolute atomic E-state index is 10.7. The number of carboxylic acids is 1. The lowest BCUT2D eigenvalue weighted by Gasteiger charge is -2.17. The van der Waals surface area contributed by atoms with Gasteiger partial charge >= 0.3 is 5.97 Å². The van der Waals surface area contributed by atoms with Crippen molar-refractivity contribution in [3.8, 4) is 0 Å². The van der Waals surface area contributed by atoms with Crippen molar-refractivity contribution in [1.82, 2.24) is 0 Å². The molecule has 0 unspecified atom stereocenters. The average molecular weight is 207 g/mol. The van der Waals surface area contributed by atoms with E-state index in [4.69, 9.17) is 15.6 Å². The Labute approximate surface area is 82.8 Å². The summed E-state index contributed by atoms with van der Waals surface area (Å²) < 4.78 is 4.39. The van der Waals surface area contributed by atoms with Crippen LogP contribution in [0.15, 0.2) is 0 Å². The average Bonchev–Trinajstić information content (AvgIpc) is 2.03. The quantitative estimate of drug-likeness (QED) is 0.597. The zero-order valence-electron chi connectivity index (χ0n) is 8.08. The van der Waals surface area contributed by atoms with E-state index < -0.39 is 10.7 Å². The first kappa shape index (κ1) is 12.7.